The van der Waals surface area contributed by atoms with Crippen LogP contribution in [0.1, 0.15) is 62.9 Å². The number of benzene rings is 3. The summed E-state index contributed by atoms with van der Waals surface area (Å²) in [6.07, 6.45) is 9.46. The fraction of sp³-hybridized carbons (Fsp3) is 0.207. The van der Waals surface area contributed by atoms with Gasteiger partial charge in [0.05, 0.1) is 18.7 Å². The van der Waals surface area contributed by atoms with Gasteiger partial charge in [-0.2, -0.15) is 5.26 Å². The Morgan fingerprint density at radius 2 is 1.90 bits per heavy atom. The monoisotopic (exact) mass is 405 g/mol. The number of hydrogen-bond donors (Lipinski definition) is 0. The molecule has 4 rings (SSSR count). The Bertz CT molecular complexity index is 1240. The molecule has 31 heavy (non-hydrogen) atoms. The highest BCUT2D eigenvalue weighted by Crippen LogP contribution is 2.35. The maximum Gasteiger partial charge on any atom is 0.119 e. The Labute approximate surface area is 185 Å². The Hall–Kier alpha value is -3.57. The Morgan fingerprint density at radius 1 is 1.06 bits per heavy atom. The molecule has 0 saturated carbocycles. The largest absolute Gasteiger partial charge is 0.497 e. The van der Waals surface area contributed by atoms with E-state index in [-0.39, 0.29) is 0 Å². The summed E-state index contributed by atoms with van der Waals surface area (Å²) in [5, 5.41) is 9.82. The number of nitrogens with zero attached hydrogens (tertiary/aromatic N) is 1. The number of ether oxygens (including phenoxy) is 1. The van der Waals surface area contributed by atoms with E-state index in [1.807, 2.05) is 30.3 Å². The average molecular weight is 406 g/mol. The number of rotatable bonds is 5. The number of allylic oxidation sites excluding steroid dienone is 1. The summed E-state index contributed by atoms with van der Waals surface area (Å²) < 4.78 is 5.34. The normalized spacial score (nSPS) is 14.6. The van der Waals surface area contributed by atoms with Crippen LogP contribution in [0.3, 0.4) is 0 Å². The highest BCUT2D eigenvalue weighted by Gasteiger charge is 2.18. The van der Waals surface area contributed by atoms with Crippen LogP contribution in [0, 0.1) is 25.2 Å². The smallest absolute Gasteiger partial charge is 0.119 e. The van der Waals surface area contributed by atoms with Crippen molar-refractivity contribution in [3.05, 3.63) is 105 Å². The molecule has 2 nitrogen and oxygen atoms in total. The second-order valence-corrected chi connectivity index (χ2v) is 8.22. The Morgan fingerprint density at radius 3 is 2.68 bits per heavy atom. The molecule has 1 atom stereocenters. The summed E-state index contributed by atoms with van der Waals surface area (Å²) in [5.74, 6) is 1.30. The molecule has 2 heteroatoms. The molecule has 0 fully saturated rings. The van der Waals surface area contributed by atoms with Crippen LogP contribution in [0.5, 0.6) is 5.75 Å². The summed E-state index contributed by atoms with van der Waals surface area (Å²) in [6.45, 7) is 6.54. The molecule has 0 radical (unpaired) electrons. The zero-order valence-electron chi connectivity index (χ0n) is 18.6. The van der Waals surface area contributed by atoms with Crippen LogP contribution >= 0.6 is 0 Å². The molecule has 0 spiro atoms. The molecule has 0 aliphatic heterocycles. The van der Waals surface area contributed by atoms with Crippen LogP contribution in [-0.4, -0.2) is 7.11 Å². The number of aryl methyl sites for hydroxylation is 1. The molecule has 1 aliphatic rings. The Kier molecular flexibility index (Phi) is 5.78. The number of methoxy groups -OCH3 is 1. The van der Waals surface area contributed by atoms with E-state index >= 15 is 0 Å². The first kappa shape index (κ1) is 20.7. The molecule has 0 aromatic heterocycles. The third-order valence-electron chi connectivity index (χ3n) is 6.30. The minimum absolute atomic E-state index is 0.470. The van der Waals surface area contributed by atoms with Crippen molar-refractivity contribution in [1.29, 1.82) is 5.26 Å². The van der Waals surface area contributed by atoms with Crippen molar-refractivity contribution >= 4 is 18.2 Å². The summed E-state index contributed by atoms with van der Waals surface area (Å²) in [6, 6.07) is 18.9. The van der Waals surface area contributed by atoms with E-state index in [9.17, 15) is 5.26 Å². The number of fused-ring (bicyclic) bond motifs is 1. The summed E-state index contributed by atoms with van der Waals surface area (Å²) in [4.78, 5) is 0. The molecule has 3 aromatic rings. The topological polar surface area (TPSA) is 33.0 Å². The highest BCUT2D eigenvalue weighted by molar-refractivity contribution is 5.75. The van der Waals surface area contributed by atoms with Gasteiger partial charge in [0.1, 0.15) is 5.75 Å². The van der Waals surface area contributed by atoms with E-state index in [1.165, 1.54) is 27.8 Å². The van der Waals surface area contributed by atoms with Crippen LogP contribution in [0.25, 0.3) is 18.2 Å². The van der Waals surface area contributed by atoms with Gasteiger partial charge < -0.3 is 4.74 Å². The first-order valence-corrected chi connectivity index (χ1v) is 10.7. The lowest BCUT2D eigenvalue weighted by Crippen LogP contribution is -2.02. The standard InChI is InChI=1S/C29H27NO/c1-19-8-11-24(18-30)29(27(19)14-10-22-6-5-7-25(16-22)31-4)17-23-12-15-26-20(2)9-13-28(26)21(23)3/h5-16,20H,17H2,1-4H3/b14-10+. The van der Waals surface area contributed by atoms with E-state index in [2.05, 4.69) is 69.3 Å². The molecule has 1 unspecified atom stereocenters. The van der Waals surface area contributed by atoms with Crippen molar-refractivity contribution in [2.45, 2.75) is 33.1 Å². The van der Waals surface area contributed by atoms with Gasteiger partial charge in [-0.3, -0.25) is 0 Å². The predicted octanol–water partition coefficient (Wildman–Crippen LogP) is 7.08. The van der Waals surface area contributed by atoms with Crippen molar-refractivity contribution < 1.29 is 4.74 Å². The highest BCUT2D eigenvalue weighted by atomic mass is 16.5. The summed E-state index contributed by atoms with van der Waals surface area (Å²) >= 11 is 0. The van der Waals surface area contributed by atoms with Gasteiger partial charge in [0.15, 0.2) is 0 Å². The van der Waals surface area contributed by atoms with Crippen LogP contribution in [0.15, 0.2) is 54.6 Å². The van der Waals surface area contributed by atoms with Crippen LogP contribution in [0.4, 0.5) is 0 Å². The quantitative estimate of drug-likeness (QED) is 0.425. The molecule has 0 bridgehead atoms. The zero-order chi connectivity index (χ0) is 22.0. The van der Waals surface area contributed by atoms with Crippen molar-refractivity contribution in [1.82, 2.24) is 0 Å². The minimum Gasteiger partial charge on any atom is -0.497 e. The van der Waals surface area contributed by atoms with Crippen LogP contribution in [-0.2, 0) is 6.42 Å². The second-order valence-electron chi connectivity index (χ2n) is 8.22. The lowest BCUT2D eigenvalue weighted by Gasteiger charge is -2.16. The molecule has 0 heterocycles. The van der Waals surface area contributed by atoms with E-state index < -0.39 is 0 Å². The second kappa shape index (κ2) is 8.66. The first-order chi connectivity index (χ1) is 15.0. The van der Waals surface area contributed by atoms with E-state index in [0.717, 1.165) is 34.4 Å². The molecule has 1 aliphatic carbocycles. The van der Waals surface area contributed by atoms with Crippen LogP contribution < -0.4 is 4.74 Å². The van der Waals surface area contributed by atoms with Gasteiger partial charge in [-0.05, 0) is 88.9 Å². The molecule has 0 amide bonds. The van der Waals surface area contributed by atoms with Crippen molar-refractivity contribution in [2.24, 2.45) is 0 Å². The fourth-order valence-electron chi connectivity index (χ4n) is 4.37. The summed E-state index contributed by atoms with van der Waals surface area (Å²) in [7, 11) is 1.68. The lowest BCUT2D eigenvalue weighted by atomic mass is 9.88. The minimum atomic E-state index is 0.470. The molecule has 154 valence electrons. The maximum absolute atomic E-state index is 9.82. The van der Waals surface area contributed by atoms with Crippen molar-refractivity contribution in [2.75, 3.05) is 7.11 Å². The van der Waals surface area contributed by atoms with Gasteiger partial charge in [0, 0.05) is 0 Å². The molecule has 0 N–H and O–H groups in total. The SMILES string of the molecule is COc1cccc(/C=C/c2c(C)ccc(C#N)c2Cc2ccc3c(c2C)C=CC3C)c1. The average Bonchev–Trinajstić information content (AvgIpc) is 3.17. The van der Waals surface area contributed by atoms with Gasteiger partial charge in [-0.25, -0.2) is 0 Å². The summed E-state index contributed by atoms with van der Waals surface area (Å²) in [5.41, 5.74) is 10.5. The zero-order valence-corrected chi connectivity index (χ0v) is 18.6. The van der Waals surface area contributed by atoms with Gasteiger partial charge in [-0.15, -0.1) is 0 Å². The Balaban J connectivity index is 1.76. The number of hydrogen-bond acceptors (Lipinski definition) is 2. The maximum atomic E-state index is 9.82. The molecule has 0 saturated heterocycles. The van der Waals surface area contributed by atoms with E-state index in [4.69, 9.17) is 4.74 Å². The molecule has 3 aromatic carbocycles. The van der Waals surface area contributed by atoms with Crippen LogP contribution in [0.2, 0.25) is 0 Å². The van der Waals surface area contributed by atoms with E-state index in [0.29, 0.717) is 5.92 Å². The fourth-order valence-corrected chi connectivity index (χ4v) is 4.37. The first-order valence-electron chi connectivity index (χ1n) is 10.7. The van der Waals surface area contributed by atoms with Gasteiger partial charge >= 0.3 is 0 Å². The van der Waals surface area contributed by atoms with Gasteiger partial charge in [-0.1, -0.05) is 61.6 Å². The van der Waals surface area contributed by atoms with Gasteiger partial charge in [0.2, 0.25) is 0 Å². The lowest BCUT2D eigenvalue weighted by molar-refractivity contribution is 0.414. The third-order valence-corrected chi connectivity index (χ3v) is 6.30. The van der Waals surface area contributed by atoms with Gasteiger partial charge in [0.25, 0.3) is 0 Å². The third kappa shape index (κ3) is 4.05. The van der Waals surface area contributed by atoms with E-state index in [1.54, 1.807) is 7.11 Å². The molecular weight excluding hydrogens is 378 g/mol. The molecular formula is C29H27NO. The number of nitriles is 1. The van der Waals surface area contributed by atoms with Crippen molar-refractivity contribution in [3.63, 3.8) is 0 Å². The van der Waals surface area contributed by atoms with Crippen molar-refractivity contribution in [3.8, 4) is 11.8 Å². The predicted molar refractivity (Wildman–Crippen MR) is 129 cm³/mol.